The summed E-state index contributed by atoms with van der Waals surface area (Å²) in [6.07, 6.45) is 2.41. The molecule has 1 rings (SSSR count). The van der Waals surface area contributed by atoms with Gasteiger partial charge in [-0.25, -0.2) is 0 Å². The summed E-state index contributed by atoms with van der Waals surface area (Å²) in [7, 11) is 0. The summed E-state index contributed by atoms with van der Waals surface area (Å²) in [6, 6.07) is 0. The van der Waals surface area contributed by atoms with E-state index in [2.05, 4.69) is 23.6 Å². The van der Waals surface area contributed by atoms with Crippen LogP contribution in [0.3, 0.4) is 0 Å². The van der Waals surface area contributed by atoms with Crippen LogP contribution in [0.25, 0.3) is 0 Å². The third-order valence-corrected chi connectivity index (χ3v) is 3.64. The zero-order valence-electron chi connectivity index (χ0n) is 8.45. The molecule has 0 spiro atoms. The van der Waals surface area contributed by atoms with Crippen LogP contribution in [-0.4, -0.2) is 39.8 Å². The Bertz CT molecular complexity index is 173. The second kappa shape index (κ2) is 5.83. The highest BCUT2D eigenvalue weighted by molar-refractivity contribution is 8.22. The van der Waals surface area contributed by atoms with Gasteiger partial charge in [0, 0.05) is 13.1 Å². The van der Waals surface area contributed by atoms with Crippen LogP contribution < -0.4 is 0 Å². The average molecular weight is 218 g/mol. The highest BCUT2D eigenvalue weighted by Crippen LogP contribution is 2.18. The number of nitrogens with zero attached hydrogens (tertiary/aromatic N) is 2. The molecule has 1 heterocycles. The van der Waals surface area contributed by atoms with Gasteiger partial charge in [0.15, 0.2) is 0 Å². The number of hydrogen-bond donors (Lipinski definition) is 0. The molecule has 1 aliphatic heterocycles. The second-order valence-corrected chi connectivity index (χ2v) is 4.92. The van der Waals surface area contributed by atoms with E-state index in [9.17, 15) is 0 Å². The topological polar surface area (TPSA) is 6.48 Å². The van der Waals surface area contributed by atoms with Crippen molar-refractivity contribution in [2.45, 2.75) is 26.7 Å². The first-order valence-corrected chi connectivity index (χ1v) is 6.31. The van der Waals surface area contributed by atoms with Gasteiger partial charge >= 0.3 is 0 Å². The maximum Gasteiger partial charge on any atom is 0.138 e. The lowest BCUT2D eigenvalue weighted by atomic mass is 10.4. The largest absolute Gasteiger partial charge is 0.344 e. The standard InChI is InChI=1S/C9H18N2S2/c1-3-5-10-7-11(6-4-2)9(12)13-8-10/h3-8H2,1-2H3. The monoisotopic (exact) mass is 218 g/mol. The molecular weight excluding hydrogens is 200 g/mol. The molecule has 0 N–H and O–H groups in total. The number of hydrogen-bond acceptors (Lipinski definition) is 3. The summed E-state index contributed by atoms with van der Waals surface area (Å²) >= 11 is 7.09. The Hall–Kier alpha value is 0.200. The minimum absolute atomic E-state index is 1.04. The Morgan fingerprint density at radius 1 is 1.31 bits per heavy atom. The molecule has 0 amide bonds. The zero-order valence-corrected chi connectivity index (χ0v) is 10.1. The molecule has 0 aromatic carbocycles. The van der Waals surface area contributed by atoms with E-state index in [1.807, 2.05) is 0 Å². The van der Waals surface area contributed by atoms with E-state index in [0.717, 1.165) is 23.4 Å². The third-order valence-electron chi connectivity index (χ3n) is 2.03. The molecule has 0 aromatic heterocycles. The van der Waals surface area contributed by atoms with Crippen molar-refractivity contribution in [3.8, 4) is 0 Å². The van der Waals surface area contributed by atoms with E-state index in [1.165, 1.54) is 19.4 Å². The van der Waals surface area contributed by atoms with Crippen molar-refractivity contribution in [2.75, 3.05) is 25.6 Å². The van der Waals surface area contributed by atoms with Crippen LogP contribution in [0.15, 0.2) is 0 Å². The zero-order chi connectivity index (χ0) is 9.68. The Labute approximate surface area is 90.7 Å². The smallest absolute Gasteiger partial charge is 0.138 e. The highest BCUT2D eigenvalue weighted by atomic mass is 32.2. The summed E-state index contributed by atoms with van der Waals surface area (Å²) < 4.78 is 1.08. The van der Waals surface area contributed by atoms with Gasteiger partial charge in [-0.1, -0.05) is 37.8 Å². The SMILES string of the molecule is CCCN1CSC(=S)N(CCC)C1. The Balaban J connectivity index is 2.38. The van der Waals surface area contributed by atoms with Crippen LogP contribution in [0.5, 0.6) is 0 Å². The van der Waals surface area contributed by atoms with Crippen molar-refractivity contribution in [1.29, 1.82) is 0 Å². The van der Waals surface area contributed by atoms with Crippen LogP contribution in [0.1, 0.15) is 26.7 Å². The Morgan fingerprint density at radius 3 is 2.62 bits per heavy atom. The van der Waals surface area contributed by atoms with Gasteiger partial charge in [0.1, 0.15) is 4.32 Å². The quantitative estimate of drug-likeness (QED) is 0.668. The maximum atomic E-state index is 5.29. The Kier molecular flexibility index (Phi) is 5.06. The fraction of sp³-hybridized carbons (Fsp3) is 0.889. The van der Waals surface area contributed by atoms with Crippen molar-refractivity contribution in [2.24, 2.45) is 0 Å². The van der Waals surface area contributed by atoms with Crippen molar-refractivity contribution in [3.05, 3.63) is 0 Å². The van der Waals surface area contributed by atoms with Gasteiger partial charge in [0.25, 0.3) is 0 Å². The van der Waals surface area contributed by atoms with Gasteiger partial charge < -0.3 is 4.90 Å². The van der Waals surface area contributed by atoms with E-state index in [4.69, 9.17) is 12.2 Å². The highest BCUT2D eigenvalue weighted by Gasteiger charge is 2.19. The van der Waals surface area contributed by atoms with Gasteiger partial charge in [0.2, 0.25) is 0 Å². The van der Waals surface area contributed by atoms with Crippen LogP contribution in [0.4, 0.5) is 0 Å². The molecule has 0 aliphatic carbocycles. The first-order valence-electron chi connectivity index (χ1n) is 4.92. The van der Waals surface area contributed by atoms with Gasteiger partial charge in [-0.05, 0) is 12.8 Å². The van der Waals surface area contributed by atoms with Crippen molar-refractivity contribution in [3.63, 3.8) is 0 Å². The lowest BCUT2D eigenvalue weighted by molar-refractivity contribution is 0.212. The maximum absolute atomic E-state index is 5.29. The van der Waals surface area contributed by atoms with E-state index >= 15 is 0 Å². The molecule has 4 heteroatoms. The molecule has 0 unspecified atom stereocenters. The molecule has 13 heavy (non-hydrogen) atoms. The molecule has 1 fully saturated rings. The van der Waals surface area contributed by atoms with E-state index in [-0.39, 0.29) is 0 Å². The van der Waals surface area contributed by atoms with Gasteiger partial charge in [-0.15, -0.1) is 0 Å². The lowest BCUT2D eigenvalue weighted by Gasteiger charge is -2.36. The summed E-state index contributed by atoms with van der Waals surface area (Å²) in [4.78, 5) is 4.76. The predicted octanol–water partition coefficient (Wildman–Crippen LogP) is 2.36. The first-order chi connectivity index (χ1) is 6.27. The summed E-state index contributed by atoms with van der Waals surface area (Å²) in [5, 5.41) is 0. The molecule has 2 nitrogen and oxygen atoms in total. The fourth-order valence-corrected chi connectivity index (χ4v) is 2.60. The Morgan fingerprint density at radius 2 is 2.00 bits per heavy atom. The van der Waals surface area contributed by atoms with Crippen LogP contribution in [-0.2, 0) is 0 Å². The fourth-order valence-electron chi connectivity index (χ4n) is 1.46. The summed E-state index contributed by atoms with van der Waals surface area (Å²) in [5.74, 6) is 1.08. The van der Waals surface area contributed by atoms with E-state index < -0.39 is 0 Å². The molecule has 0 bridgehead atoms. The number of rotatable bonds is 4. The summed E-state index contributed by atoms with van der Waals surface area (Å²) in [5.41, 5.74) is 0. The minimum atomic E-state index is 1.04. The predicted molar refractivity (Wildman–Crippen MR) is 63.9 cm³/mol. The molecule has 76 valence electrons. The molecule has 1 saturated heterocycles. The van der Waals surface area contributed by atoms with Gasteiger partial charge in [-0.3, -0.25) is 4.90 Å². The van der Waals surface area contributed by atoms with E-state index in [0.29, 0.717) is 0 Å². The normalized spacial score (nSPS) is 19.5. The van der Waals surface area contributed by atoms with Crippen molar-refractivity contribution in [1.82, 2.24) is 9.80 Å². The number of thiocarbonyl (C=S) groups is 1. The minimum Gasteiger partial charge on any atom is -0.344 e. The van der Waals surface area contributed by atoms with Crippen LogP contribution in [0.2, 0.25) is 0 Å². The third kappa shape index (κ3) is 3.44. The molecular formula is C9H18N2S2. The van der Waals surface area contributed by atoms with E-state index in [1.54, 1.807) is 11.8 Å². The van der Waals surface area contributed by atoms with Crippen molar-refractivity contribution < 1.29 is 0 Å². The average Bonchev–Trinajstić information content (AvgIpc) is 2.12. The molecule has 0 aromatic rings. The molecule has 0 atom stereocenters. The van der Waals surface area contributed by atoms with Crippen molar-refractivity contribution >= 4 is 28.3 Å². The second-order valence-electron chi connectivity index (χ2n) is 3.34. The summed E-state index contributed by atoms with van der Waals surface area (Å²) in [6.45, 7) is 7.75. The molecule has 1 aliphatic rings. The lowest BCUT2D eigenvalue weighted by Crippen LogP contribution is -2.45. The van der Waals surface area contributed by atoms with Gasteiger partial charge in [0.05, 0.1) is 12.5 Å². The van der Waals surface area contributed by atoms with Crippen LogP contribution in [0, 0.1) is 0 Å². The molecule has 0 saturated carbocycles. The van der Waals surface area contributed by atoms with Crippen LogP contribution >= 0.6 is 24.0 Å². The first kappa shape index (κ1) is 11.3. The molecule has 0 radical (unpaired) electrons. The number of thioether (sulfide) groups is 1. The van der Waals surface area contributed by atoms with Gasteiger partial charge in [-0.2, -0.15) is 0 Å².